The standard InChI is InChI=1S/C22H26Cl2N2O3S/c23-17-12-13-19(24)21(15-17)30(28,29)26-20(14-16-8-4-3-5-9-16)22(27)25-18-10-6-1-2-7-11-18/h3-5,8-9,12-13,15,18,20,26H,1-2,6-7,10-11,14H2,(H,25,27)/t20-/m1/s1. The molecule has 1 saturated carbocycles. The third kappa shape index (κ3) is 6.45. The van der Waals surface area contributed by atoms with E-state index in [1.165, 1.54) is 31.0 Å². The van der Waals surface area contributed by atoms with Crippen LogP contribution in [-0.2, 0) is 21.2 Å². The van der Waals surface area contributed by atoms with Gasteiger partial charge in [-0.25, -0.2) is 8.42 Å². The van der Waals surface area contributed by atoms with Gasteiger partial charge in [0, 0.05) is 11.1 Å². The van der Waals surface area contributed by atoms with Crippen LogP contribution in [0.4, 0.5) is 0 Å². The molecular formula is C22H26Cl2N2O3S. The van der Waals surface area contributed by atoms with Crippen LogP contribution in [0.2, 0.25) is 10.0 Å². The Morgan fingerprint density at radius 3 is 2.33 bits per heavy atom. The number of hydrogen-bond donors (Lipinski definition) is 2. The number of hydrogen-bond acceptors (Lipinski definition) is 3. The van der Waals surface area contributed by atoms with E-state index in [0.717, 1.165) is 31.2 Å². The highest BCUT2D eigenvalue weighted by Crippen LogP contribution is 2.25. The summed E-state index contributed by atoms with van der Waals surface area (Å²) in [4.78, 5) is 13.0. The summed E-state index contributed by atoms with van der Waals surface area (Å²) < 4.78 is 28.6. The Balaban J connectivity index is 1.83. The molecule has 0 heterocycles. The quantitative estimate of drug-likeness (QED) is 0.577. The van der Waals surface area contributed by atoms with Crippen molar-refractivity contribution in [2.75, 3.05) is 0 Å². The van der Waals surface area contributed by atoms with Crippen LogP contribution in [0.1, 0.15) is 44.1 Å². The second-order valence-electron chi connectivity index (χ2n) is 7.64. The van der Waals surface area contributed by atoms with Gasteiger partial charge in [0.2, 0.25) is 15.9 Å². The van der Waals surface area contributed by atoms with Crippen LogP contribution in [0.25, 0.3) is 0 Å². The molecule has 1 fully saturated rings. The van der Waals surface area contributed by atoms with Gasteiger partial charge >= 0.3 is 0 Å². The molecule has 2 N–H and O–H groups in total. The van der Waals surface area contributed by atoms with E-state index in [-0.39, 0.29) is 33.3 Å². The maximum absolute atomic E-state index is 13.1. The normalized spacial score (nSPS) is 16.6. The van der Waals surface area contributed by atoms with Crippen LogP contribution in [0.5, 0.6) is 0 Å². The lowest BCUT2D eigenvalue weighted by Gasteiger charge is -2.23. The number of benzene rings is 2. The zero-order valence-electron chi connectivity index (χ0n) is 16.6. The van der Waals surface area contributed by atoms with Crippen LogP contribution >= 0.6 is 23.2 Å². The van der Waals surface area contributed by atoms with Crippen molar-refractivity contribution in [3.63, 3.8) is 0 Å². The van der Waals surface area contributed by atoms with Gasteiger partial charge in [-0.2, -0.15) is 4.72 Å². The molecule has 1 amide bonds. The minimum Gasteiger partial charge on any atom is -0.352 e. The molecular weight excluding hydrogens is 443 g/mol. The summed E-state index contributed by atoms with van der Waals surface area (Å²) >= 11 is 12.1. The zero-order chi connectivity index (χ0) is 21.6. The van der Waals surface area contributed by atoms with E-state index in [1.54, 1.807) is 0 Å². The fourth-order valence-corrected chi connectivity index (χ4v) is 5.65. The zero-order valence-corrected chi connectivity index (χ0v) is 18.9. The first-order chi connectivity index (χ1) is 14.3. The third-order valence-corrected chi connectivity index (χ3v) is 7.47. The number of carbonyl (C=O) groups excluding carboxylic acids is 1. The van der Waals surface area contributed by atoms with E-state index in [0.29, 0.717) is 0 Å². The molecule has 0 aromatic heterocycles. The highest BCUT2D eigenvalue weighted by Gasteiger charge is 2.29. The van der Waals surface area contributed by atoms with E-state index in [2.05, 4.69) is 10.0 Å². The first-order valence-corrected chi connectivity index (χ1v) is 12.4. The van der Waals surface area contributed by atoms with E-state index in [1.807, 2.05) is 30.3 Å². The number of rotatable bonds is 7. The smallest absolute Gasteiger partial charge is 0.242 e. The van der Waals surface area contributed by atoms with Crippen molar-refractivity contribution in [3.8, 4) is 0 Å². The summed E-state index contributed by atoms with van der Waals surface area (Å²) in [7, 11) is -4.05. The lowest BCUT2D eigenvalue weighted by atomic mass is 10.0. The van der Waals surface area contributed by atoms with Gasteiger partial charge in [-0.15, -0.1) is 0 Å². The number of amides is 1. The van der Waals surface area contributed by atoms with Gasteiger partial charge in [-0.1, -0.05) is 79.2 Å². The van der Waals surface area contributed by atoms with E-state index in [4.69, 9.17) is 23.2 Å². The predicted molar refractivity (Wildman–Crippen MR) is 120 cm³/mol. The van der Waals surface area contributed by atoms with Crippen LogP contribution in [-0.4, -0.2) is 26.4 Å². The number of nitrogens with one attached hydrogen (secondary N) is 2. The molecule has 1 aliphatic rings. The van der Waals surface area contributed by atoms with Crippen molar-refractivity contribution in [2.24, 2.45) is 0 Å². The minimum absolute atomic E-state index is 0.0505. The molecule has 1 atom stereocenters. The highest BCUT2D eigenvalue weighted by molar-refractivity contribution is 7.89. The van der Waals surface area contributed by atoms with Crippen molar-refractivity contribution < 1.29 is 13.2 Å². The van der Waals surface area contributed by atoms with Gasteiger partial charge in [0.25, 0.3) is 0 Å². The van der Waals surface area contributed by atoms with Crippen molar-refractivity contribution in [1.82, 2.24) is 10.0 Å². The van der Waals surface area contributed by atoms with Gasteiger partial charge in [-0.05, 0) is 43.0 Å². The largest absolute Gasteiger partial charge is 0.352 e. The predicted octanol–water partition coefficient (Wildman–Crippen LogP) is 4.72. The van der Waals surface area contributed by atoms with Crippen molar-refractivity contribution in [1.29, 1.82) is 0 Å². The van der Waals surface area contributed by atoms with Gasteiger partial charge in [0.05, 0.1) is 5.02 Å². The molecule has 1 aliphatic carbocycles. The van der Waals surface area contributed by atoms with Crippen LogP contribution in [0.15, 0.2) is 53.4 Å². The fourth-order valence-electron chi connectivity index (χ4n) is 3.70. The van der Waals surface area contributed by atoms with Crippen LogP contribution in [0.3, 0.4) is 0 Å². The Kier molecular flexibility index (Phi) is 8.17. The Morgan fingerprint density at radius 1 is 1.00 bits per heavy atom. The molecule has 0 aliphatic heterocycles. The summed E-state index contributed by atoms with van der Waals surface area (Å²) in [5.74, 6) is -0.326. The van der Waals surface area contributed by atoms with Gasteiger partial charge in [0.15, 0.2) is 0 Å². The van der Waals surface area contributed by atoms with Gasteiger partial charge in [-0.3, -0.25) is 4.79 Å². The molecule has 3 rings (SSSR count). The monoisotopic (exact) mass is 468 g/mol. The Bertz CT molecular complexity index is 960. The van der Waals surface area contributed by atoms with E-state index < -0.39 is 16.1 Å². The lowest BCUT2D eigenvalue weighted by Crippen LogP contribution is -2.50. The number of carbonyl (C=O) groups is 1. The summed E-state index contributed by atoms with van der Waals surface area (Å²) in [5, 5.41) is 3.36. The van der Waals surface area contributed by atoms with Gasteiger partial charge in [0.1, 0.15) is 10.9 Å². The second-order valence-corrected chi connectivity index (χ2v) is 10.2. The molecule has 0 spiro atoms. The van der Waals surface area contributed by atoms with Crippen molar-refractivity contribution in [3.05, 3.63) is 64.1 Å². The maximum atomic E-state index is 13.1. The molecule has 2 aromatic carbocycles. The molecule has 2 aromatic rings. The second kappa shape index (κ2) is 10.6. The van der Waals surface area contributed by atoms with Gasteiger partial charge < -0.3 is 5.32 Å². The number of halogens is 2. The molecule has 0 radical (unpaired) electrons. The first kappa shape index (κ1) is 23.1. The molecule has 0 saturated heterocycles. The third-order valence-electron chi connectivity index (χ3n) is 5.28. The minimum atomic E-state index is -4.05. The average Bonchev–Trinajstić information content (AvgIpc) is 2.98. The fraction of sp³-hybridized carbons (Fsp3) is 0.409. The Morgan fingerprint density at radius 2 is 1.67 bits per heavy atom. The van der Waals surface area contributed by atoms with Crippen molar-refractivity contribution in [2.45, 2.75) is 61.9 Å². The SMILES string of the molecule is O=C(NC1CCCCCC1)[C@@H](Cc1ccccc1)NS(=O)(=O)c1cc(Cl)ccc1Cl. The summed E-state index contributed by atoms with van der Waals surface area (Å²) in [6.07, 6.45) is 6.53. The van der Waals surface area contributed by atoms with E-state index >= 15 is 0 Å². The van der Waals surface area contributed by atoms with Crippen LogP contribution in [0, 0.1) is 0 Å². The molecule has 0 bridgehead atoms. The average molecular weight is 469 g/mol. The Labute approximate surface area is 188 Å². The Hall–Kier alpha value is -1.60. The van der Waals surface area contributed by atoms with Crippen molar-refractivity contribution >= 4 is 39.1 Å². The van der Waals surface area contributed by atoms with E-state index in [9.17, 15) is 13.2 Å². The molecule has 162 valence electrons. The summed E-state index contributed by atoms with van der Waals surface area (Å²) in [5.41, 5.74) is 0.860. The molecule has 0 unspecified atom stereocenters. The molecule has 30 heavy (non-hydrogen) atoms. The topological polar surface area (TPSA) is 75.3 Å². The summed E-state index contributed by atoms with van der Waals surface area (Å²) in [6.45, 7) is 0. The maximum Gasteiger partial charge on any atom is 0.242 e. The number of sulfonamides is 1. The van der Waals surface area contributed by atoms with Crippen LogP contribution < -0.4 is 10.0 Å². The summed E-state index contributed by atoms with van der Waals surface area (Å²) in [6, 6.07) is 12.7. The highest BCUT2D eigenvalue weighted by atomic mass is 35.5. The first-order valence-electron chi connectivity index (χ1n) is 10.2. The lowest BCUT2D eigenvalue weighted by molar-refractivity contribution is -0.123. The molecule has 5 nitrogen and oxygen atoms in total. The molecule has 8 heteroatoms.